The van der Waals surface area contributed by atoms with Crippen molar-refractivity contribution in [3.63, 3.8) is 0 Å². The molecule has 2 aromatic carbocycles. The van der Waals surface area contributed by atoms with Crippen molar-refractivity contribution in [2.24, 2.45) is 5.41 Å². The highest BCUT2D eigenvalue weighted by Crippen LogP contribution is 2.41. The quantitative estimate of drug-likeness (QED) is 0.0914. The maximum atomic E-state index is 15.2. The summed E-state index contributed by atoms with van der Waals surface area (Å²) in [5.41, 5.74) is 1.09. The molecule has 0 radical (unpaired) electrons. The van der Waals surface area contributed by atoms with E-state index in [1.54, 1.807) is 19.2 Å². The topological polar surface area (TPSA) is 171 Å². The number of aliphatic hydroxyl groups excluding tert-OH is 1. The molecule has 14 nitrogen and oxygen atoms in total. The molecule has 324 valence electrons. The van der Waals surface area contributed by atoms with Gasteiger partial charge in [-0.1, -0.05) is 51.1 Å². The second-order valence-electron chi connectivity index (χ2n) is 16.6. The van der Waals surface area contributed by atoms with Gasteiger partial charge in [-0.25, -0.2) is 13.6 Å². The predicted octanol–water partition coefficient (Wildman–Crippen LogP) is 4.99. The molecule has 3 atom stereocenters. The van der Waals surface area contributed by atoms with Gasteiger partial charge in [0, 0.05) is 67.9 Å². The van der Waals surface area contributed by atoms with Crippen LogP contribution in [0, 0.1) is 17.0 Å². The molecule has 1 aromatic heterocycles. The number of nitrogens with zero attached hydrogens (tertiary/aromatic N) is 4. The lowest BCUT2D eigenvalue weighted by Gasteiger charge is -2.42. The Balaban J connectivity index is 1.68. The molecule has 0 aliphatic carbocycles. The van der Waals surface area contributed by atoms with Gasteiger partial charge in [0.2, 0.25) is 26.0 Å². The highest BCUT2D eigenvalue weighted by atomic mass is 28.4. The number of likely N-dealkylation sites (N-methyl/N-ethyl adjacent to an activating group) is 1. The van der Waals surface area contributed by atoms with Crippen molar-refractivity contribution >= 4 is 43.9 Å². The fourth-order valence-corrected chi connectivity index (χ4v) is 7.78. The van der Waals surface area contributed by atoms with Gasteiger partial charge in [-0.05, 0) is 75.2 Å². The summed E-state index contributed by atoms with van der Waals surface area (Å²) in [4.78, 5) is 82.0. The molecule has 0 fully saturated rings. The van der Waals surface area contributed by atoms with Crippen LogP contribution in [0.3, 0.4) is 0 Å². The molecule has 3 unspecified atom stereocenters. The van der Waals surface area contributed by atoms with Gasteiger partial charge < -0.3 is 29.6 Å². The van der Waals surface area contributed by atoms with E-state index in [1.165, 1.54) is 16.7 Å². The van der Waals surface area contributed by atoms with Crippen LogP contribution in [0.25, 0.3) is 11.1 Å². The fourth-order valence-electron chi connectivity index (χ4n) is 7.14. The molecule has 0 bridgehead atoms. The number of carbonyl (C=O) groups excluding carboxylic acids is 6. The molecule has 1 aliphatic heterocycles. The van der Waals surface area contributed by atoms with E-state index in [0.29, 0.717) is 17.8 Å². The largest absolute Gasteiger partial charge is 0.504 e. The SMILES string of the molecule is CCN(C(=O)O[Si](C)(C)C)C(CCN(C(=O)CO)C(c1cc(-c2cc(F)ccc2F)cn1Cc1ccccc1)C(C)(C)C)C(=O)NCCNC(=O)C(C)N1C(=O)C=CC1=O. The number of rotatable bonds is 18. The minimum Gasteiger partial charge on any atom is -0.504 e. The van der Waals surface area contributed by atoms with Crippen LogP contribution in [0.5, 0.6) is 0 Å². The molecular formula is C43H56F2N6O8Si. The summed E-state index contributed by atoms with van der Waals surface area (Å²) < 4.78 is 37.4. The monoisotopic (exact) mass is 850 g/mol. The van der Waals surface area contributed by atoms with Crippen LogP contribution in [0.2, 0.25) is 19.6 Å². The first-order valence-corrected chi connectivity index (χ1v) is 23.3. The van der Waals surface area contributed by atoms with Gasteiger partial charge in [0.15, 0.2) is 0 Å². The molecule has 6 amide bonds. The van der Waals surface area contributed by atoms with Gasteiger partial charge >= 0.3 is 6.09 Å². The number of imide groups is 1. The molecule has 4 rings (SSSR count). The third-order valence-corrected chi connectivity index (χ3v) is 10.6. The fraction of sp³-hybridized carbons (Fsp3) is 0.442. The highest BCUT2D eigenvalue weighted by Gasteiger charge is 2.40. The minimum absolute atomic E-state index is 0.0210. The van der Waals surface area contributed by atoms with Gasteiger partial charge in [0.05, 0.1) is 6.04 Å². The maximum Gasteiger partial charge on any atom is 0.396 e. The Morgan fingerprint density at radius 3 is 2.08 bits per heavy atom. The Morgan fingerprint density at radius 2 is 1.52 bits per heavy atom. The third kappa shape index (κ3) is 12.0. The lowest BCUT2D eigenvalue weighted by molar-refractivity contribution is -0.144. The number of amides is 6. The van der Waals surface area contributed by atoms with Crippen molar-refractivity contribution in [1.82, 2.24) is 29.9 Å². The number of halogens is 2. The van der Waals surface area contributed by atoms with Gasteiger partial charge in [-0.15, -0.1) is 0 Å². The zero-order valence-corrected chi connectivity index (χ0v) is 36.5. The average molecular weight is 851 g/mol. The van der Waals surface area contributed by atoms with Crippen LogP contribution in [-0.4, -0.2) is 113 Å². The molecule has 1 aliphatic rings. The van der Waals surface area contributed by atoms with E-state index in [9.17, 15) is 38.3 Å². The summed E-state index contributed by atoms with van der Waals surface area (Å²) in [5, 5.41) is 15.7. The average Bonchev–Trinajstić information content (AvgIpc) is 3.74. The van der Waals surface area contributed by atoms with Gasteiger partial charge in [0.25, 0.3) is 11.8 Å². The molecule has 2 heterocycles. The molecule has 3 N–H and O–H groups in total. The summed E-state index contributed by atoms with van der Waals surface area (Å²) in [7, 11) is -2.46. The normalized spacial score (nSPS) is 14.4. The number of nitrogens with one attached hydrogen (secondary N) is 2. The minimum atomic E-state index is -2.46. The van der Waals surface area contributed by atoms with Crippen LogP contribution < -0.4 is 10.6 Å². The standard InChI is InChI=1S/C43H56F2N6O8Si/c1-9-49(42(58)59-60(6,7)8)34(41(57)47-21-20-46-40(56)28(2)51-36(53)17-18-37(51)54)19-22-50(38(55)27-52)39(43(3,4)5)35-23-30(32-24-31(44)15-16-33(32)45)26-48(35)25-29-13-11-10-12-14-29/h10-18,23-24,26,28,34,39,52H,9,19-22,25,27H2,1-8H3,(H,46,56)(H,47,57). The van der Waals surface area contributed by atoms with E-state index < -0.39 is 85.7 Å². The molecule has 3 aromatic rings. The van der Waals surface area contributed by atoms with Crippen molar-refractivity contribution in [3.05, 3.63) is 95.8 Å². The Morgan fingerprint density at radius 1 is 0.900 bits per heavy atom. The Kier molecular flexibility index (Phi) is 15.7. The van der Waals surface area contributed by atoms with Gasteiger partial charge in [-0.2, -0.15) is 0 Å². The molecule has 0 saturated carbocycles. The first-order valence-electron chi connectivity index (χ1n) is 19.9. The zero-order valence-electron chi connectivity index (χ0n) is 35.5. The van der Waals surface area contributed by atoms with E-state index in [0.717, 1.165) is 40.8 Å². The smallest absolute Gasteiger partial charge is 0.396 e. The molecule has 0 spiro atoms. The van der Waals surface area contributed by atoms with Crippen molar-refractivity contribution in [2.45, 2.75) is 85.4 Å². The van der Waals surface area contributed by atoms with Crippen LogP contribution >= 0.6 is 0 Å². The lowest BCUT2D eigenvalue weighted by atomic mass is 9.82. The van der Waals surface area contributed by atoms with Crippen molar-refractivity contribution < 1.29 is 47.1 Å². The van der Waals surface area contributed by atoms with E-state index in [4.69, 9.17) is 4.43 Å². The maximum absolute atomic E-state index is 15.2. The summed E-state index contributed by atoms with van der Waals surface area (Å²) in [6.07, 6.45) is 3.01. The van der Waals surface area contributed by atoms with Crippen LogP contribution in [0.1, 0.15) is 58.3 Å². The third-order valence-electron chi connectivity index (χ3n) is 9.86. The highest BCUT2D eigenvalue weighted by molar-refractivity contribution is 6.71. The zero-order chi connectivity index (χ0) is 44.5. The van der Waals surface area contributed by atoms with Crippen molar-refractivity contribution in [2.75, 3.05) is 32.8 Å². The van der Waals surface area contributed by atoms with Gasteiger partial charge in [0.1, 0.15) is 30.3 Å². The molecule has 17 heteroatoms. The van der Waals surface area contributed by atoms with Crippen LogP contribution in [0.15, 0.2) is 72.9 Å². The Labute approximate surface area is 350 Å². The van der Waals surface area contributed by atoms with Crippen LogP contribution in [0.4, 0.5) is 13.6 Å². The summed E-state index contributed by atoms with van der Waals surface area (Å²) in [5.74, 6) is -4.40. The second kappa shape index (κ2) is 20.0. The molecule has 60 heavy (non-hydrogen) atoms. The second-order valence-corrected chi connectivity index (χ2v) is 21.0. The summed E-state index contributed by atoms with van der Waals surface area (Å²) in [6.45, 7) is 13.4. The number of benzene rings is 2. The summed E-state index contributed by atoms with van der Waals surface area (Å²) >= 11 is 0. The predicted molar refractivity (Wildman–Crippen MR) is 223 cm³/mol. The number of hydrogen-bond acceptors (Lipinski definition) is 8. The summed E-state index contributed by atoms with van der Waals surface area (Å²) in [6, 6.07) is 11.2. The number of hydrogen-bond donors (Lipinski definition) is 3. The Hall–Kier alpha value is -5.68. The number of carbonyl (C=O) groups is 6. The van der Waals surface area contributed by atoms with Crippen LogP contribution in [-0.2, 0) is 34.9 Å². The molecule has 0 saturated heterocycles. The number of aliphatic hydroxyl groups is 1. The first kappa shape index (κ1) is 47.0. The van der Waals surface area contributed by atoms with E-state index in [1.807, 2.05) is 75.3 Å². The molecular weight excluding hydrogens is 795 g/mol. The first-order chi connectivity index (χ1) is 28.2. The van der Waals surface area contributed by atoms with E-state index >= 15 is 4.39 Å². The Bertz CT molecular complexity index is 2060. The van der Waals surface area contributed by atoms with E-state index in [2.05, 4.69) is 10.6 Å². The number of aromatic nitrogens is 1. The van der Waals surface area contributed by atoms with Gasteiger partial charge in [-0.3, -0.25) is 33.8 Å². The lowest BCUT2D eigenvalue weighted by Crippen LogP contribution is -2.54. The van der Waals surface area contributed by atoms with Crippen molar-refractivity contribution in [3.8, 4) is 11.1 Å². The van der Waals surface area contributed by atoms with Crippen molar-refractivity contribution in [1.29, 1.82) is 0 Å². The van der Waals surface area contributed by atoms with E-state index in [-0.39, 0.29) is 38.2 Å².